The number of aromatic nitrogens is 4. The van der Waals surface area contributed by atoms with Gasteiger partial charge in [0.05, 0.1) is 5.69 Å². The average Bonchev–Trinajstić information content (AvgIpc) is 3.20. The maximum Gasteiger partial charge on any atom is 0.236 e. The van der Waals surface area contributed by atoms with Gasteiger partial charge in [0.2, 0.25) is 10.0 Å². The second-order valence-corrected chi connectivity index (χ2v) is 8.60. The van der Waals surface area contributed by atoms with Gasteiger partial charge in [-0.3, -0.25) is 0 Å². The molecule has 1 fully saturated rings. The van der Waals surface area contributed by atoms with Gasteiger partial charge in [0, 0.05) is 43.9 Å². The molecule has 0 N–H and O–H groups in total. The molecule has 3 aromatic rings. The number of rotatable bonds is 5. The van der Waals surface area contributed by atoms with Gasteiger partial charge in [-0.25, -0.2) is 23.1 Å². The van der Waals surface area contributed by atoms with Gasteiger partial charge in [-0.2, -0.15) is 9.40 Å². The molecule has 9 heteroatoms. The Morgan fingerprint density at radius 2 is 1.69 bits per heavy atom. The van der Waals surface area contributed by atoms with Crippen LogP contribution in [0.4, 0.5) is 5.82 Å². The molecule has 150 valence electrons. The fourth-order valence-electron chi connectivity index (χ4n) is 3.16. The molecule has 1 aromatic carbocycles. The highest BCUT2D eigenvalue weighted by Crippen LogP contribution is 2.18. The molecule has 1 aliphatic heterocycles. The summed E-state index contributed by atoms with van der Waals surface area (Å²) in [5, 5.41) is 5.65. The summed E-state index contributed by atoms with van der Waals surface area (Å²) in [6.07, 6.45) is 4.99. The Kier molecular flexibility index (Phi) is 5.41. The zero-order chi connectivity index (χ0) is 20.3. The first-order valence-corrected chi connectivity index (χ1v) is 10.8. The second-order valence-electron chi connectivity index (χ2n) is 6.78. The molecule has 0 bridgehead atoms. The molecule has 0 aliphatic carbocycles. The van der Waals surface area contributed by atoms with Crippen LogP contribution in [0.3, 0.4) is 0 Å². The summed E-state index contributed by atoms with van der Waals surface area (Å²) in [4.78, 5) is 10.7. The Labute approximate surface area is 170 Å². The van der Waals surface area contributed by atoms with E-state index in [0.717, 1.165) is 17.1 Å². The van der Waals surface area contributed by atoms with Gasteiger partial charge in [0.15, 0.2) is 5.82 Å². The number of piperazine rings is 1. The van der Waals surface area contributed by atoms with Crippen LogP contribution in [0.5, 0.6) is 0 Å². The lowest BCUT2D eigenvalue weighted by molar-refractivity contribution is 0.389. The van der Waals surface area contributed by atoms with E-state index in [-0.39, 0.29) is 0 Å². The van der Waals surface area contributed by atoms with E-state index < -0.39 is 10.0 Å². The minimum Gasteiger partial charge on any atom is -0.354 e. The number of nitrogens with zero attached hydrogens (tertiary/aromatic N) is 6. The number of sulfonamides is 1. The van der Waals surface area contributed by atoms with Gasteiger partial charge in [-0.1, -0.05) is 30.3 Å². The van der Waals surface area contributed by atoms with Crippen molar-refractivity contribution in [3.8, 4) is 5.82 Å². The molecule has 1 aliphatic rings. The van der Waals surface area contributed by atoms with Crippen molar-refractivity contribution in [3.63, 3.8) is 0 Å². The molecule has 8 nitrogen and oxygen atoms in total. The fourth-order valence-corrected chi connectivity index (χ4v) is 4.34. The third-order valence-corrected chi connectivity index (χ3v) is 6.31. The van der Waals surface area contributed by atoms with Gasteiger partial charge < -0.3 is 4.90 Å². The van der Waals surface area contributed by atoms with Crippen molar-refractivity contribution in [2.24, 2.45) is 0 Å². The molecular weight excluding hydrogens is 388 g/mol. The zero-order valence-electron chi connectivity index (χ0n) is 16.1. The van der Waals surface area contributed by atoms with E-state index in [4.69, 9.17) is 0 Å². The fraction of sp³-hybridized carbons (Fsp3) is 0.250. The van der Waals surface area contributed by atoms with Crippen molar-refractivity contribution < 1.29 is 8.42 Å². The van der Waals surface area contributed by atoms with Crippen LogP contribution >= 0.6 is 0 Å². The van der Waals surface area contributed by atoms with Gasteiger partial charge in [-0.05, 0) is 24.6 Å². The number of hydrogen-bond donors (Lipinski definition) is 0. The summed E-state index contributed by atoms with van der Waals surface area (Å²) in [7, 11) is -3.46. The highest BCUT2D eigenvalue weighted by molar-refractivity contribution is 7.92. The monoisotopic (exact) mass is 410 g/mol. The smallest absolute Gasteiger partial charge is 0.236 e. The maximum absolute atomic E-state index is 12.6. The van der Waals surface area contributed by atoms with E-state index in [1.807, 2.05) is 55.6 Å². The van der Waals surface area contributed by atoms with Crippen molar-refractivity contribution >= 4 is 21.9 Å². The van der Waals surface area contributed by atoms with E-state index in [1.165, 1.54) is 16.0 Å². The predicted octanol–water partition coefficient (Wildman–Crippen LogP) is 2.09. The Morgan fingerprint density at radius 1 is 0.966 bits per heavy atom. The van der Waals surface area contributed by atoms with Gasteiger partial charge in [0.25, 0.3) is 0 Å². The van der Waals surface area contributed by atoms with Gasteiger partial charge in [-0.15, -0.1) is 0 Å². The van der Waals surface area contributed by atoms with Crippen molar-refractivity contribution in [3.05, 3.63) is 71.7 Å². The molecule has 0 amide bonds. The number of anilines is 1. The summed E-state index contributed by atoms with van der Waals surface area (Å²) < 4.78 is 28.5. The Hall–Kier alpha value is -3.04. The molecule has 29 heavy (non-hydrogen) atoms. The van der Waals surface area contributed by atoms with Gasteiger partial charge >= 0.3 is 0 Å². The molecular formula is C20H22N6O2S. The van der Waals surface area contributed by atoms with Crippen LogP contribution in [-0.2, 0) is 10.0 Å². The highest BCUT2D eigenvalue weighted by atomic mass is 32.2. The lowest BCUT2D eigenvalue weighted by Crippen LogP contribution is -2.48. The summed E-state index contributed by atoms with van der Waals surface area (Å²) in [5.74, 6) is 1.45. The molecule has 0 radical (unpaired) electrons. The molecule has 0 spiro atoms. The van der Waals surface area contributed by atoms with Crippen LogP contribution in [0.25, 0.3) is 11.9 Å². The molecule has 0 unspecified atom stereocenters. The summed E-state index contributed by atoms with van der Waals surface area (Å²) in [6, 6.07) is 13.2. The van der Waals surface area contributed by atoms with Crippen LogP contribution in [0.15, 0.2) is 60.4 Å². The highest BCUT2D eigenvalue weighted by Gasteiger charge is 2.25. The van der Waals surface area contributed by atoms with Crippen LogP contribution < -0.4 is 4.90 Å². The lowest BCUT2D eigenvalue weighted by Gasteiger charge is -2.34. The molecule has 4 rings (SSSR count). The maximum atomic E-state index is 12.6. The van der Waals surface area contributed by atoms with Crippen LogP contribution in [0.2, 0.25) is 0 Å². The molecule has 0 atom stereocenters. The minimum atomic E-state index is -3.46. The quantitative estimate of drug-likeness (QED) is 0.640. The summed E-state index contributed by atoms with van der Waals surface area (Å²) in [6.45, 7) is 3.86. The first kappa shape index (κ1) is 19.3. The second kappa shape index (κ2) is 8.14. The third-order valence-electron chi connectivity index (χ3n) is 4.75. The van der Waals surface area contributed by atoms with Crippen LogP contribution in [0, 0.1) is 6.92 Å². The van der Waals surface area contributed by atoms with Crippen molar-refractivity contribution in [1.29, 1.82) is 0 Å². The van der Waals surface area contributed by atoms with Crippen molar-refractivity contribution in [2.45, 2.75) is 6.92 Å². The number of aryl methyl sites for hydroxylation is 1. The van der Waals surface area contributed by atoms with E-state index >= 15 is 0 Å². The Bertz CT molecular complexity index is 1100. The minimum absolute atomic E-state index is 0.404. The van der Waals surface area contributed by atoms with Gasteiger partial charge in [0.1, 0.15) is 12.1 Å². The Balaban J connectivity index is 1.42. The van der Waals surface area contributed by atoms with Crippen LogP contribution in [-0.4, -0.2) is 58.7 Å². The topological polar surface area (TPSA) is 84.2 Å². The molecule has 1 saturated heterocycles. The summed E-state index contributed by atoms with van der Waals surface area (Å²) in [5.41, 5.74) is 1.77. The van der Waals surface area contributed by atoms with E-state index in [9.17, 15) is 8.42 Å². The van der Waals surface area contributed by atoms with E-state index in [0.29, 0.717) is 32.0 Å². The predicted molar refractivity (Wildman–Crippen MR) is 112 cm³/mol. The first-order valence-electron chi connectivity index (χ1n) is 9.34. The zero-order valence-corrected chi connectivity index (χ0v) is 16.9. The number of hydrogen-bond acceptors (Lipinski definition) is 6. The average molecular weight is 411 g/mol. The first-order chi connectivity index (χ1) is 14.0. The van der Waals surface area contributed by atoms with Crippen LogP contribution in [0.1, 0.15) is 11.3 Å². The SMILES string of the molecule is Cc1ccn(-c2cc(N3CCN(S(=O)(=O)/C=C/c4ccccc4)CC3)ncn2)n1. The summed E-state index contributed by atoms with van der Waals surface area (Å²) >= 11 is 0. The van der Waals surface area contributed by atoms with E-state index in [2.05, 4.69) is 20.0 Å². The standard InChI is InChI=1S/C20H22N6O2S/c1-17-7-9-26(23-17)20-15-19(21-16-22-20)24-10-12-25(13-11-24)29(27,28)14-8-18-5-3-2-4-6-18/h2-9,14-16H,10-13H2,1H3/b14-8+. The molecule has 2 aromatic heterocycles. The van der Waals surface area contributed by atoms with Crippen molar-refractivity contribution in [1.82, 2.24) is 24.1 Å². The lowest BCUT2D eigenvalue weighted by atomic mass is 10.2. The molecule has 0 saturated carbocycles. The van der Waals surface area contributed by atoms with E-state index in [1.54, 1.807) is 10.8 Å². The number of benzene rings is 1. The largest absolute Gasteiger partial charge is 0.354 e. The Morgan fingerprint density at radius 3 is 2.38 bits per heavy atom. The normalized spacial score (nSPS) is 15.8. The third kappa shape index (κ3) is 4.52. The molecule has 3 heterocycles. The van der Waals surface area contributed by atoms with Crippen molar-refractivity contribution in [2.75, 3.05) is 31.1 Å².